The molecular weight excluding hydrogens is 516 g/mol. The van der Waals surface area contributed by atoms with E-state index in [1.165, 1.54) is 0 Å². The number of aromatic nitrogens is 3. The van der Waals surface area contributed by atoms with Gasteiger partial charge in [-0.2, -0.15) is 15.8 Å². The highest BCUT2D eigenvalue weighted by Crippen LogP contribution is 2.30. The molecule has 0 saturated carbocycles. The van der Waals surface area contributed by atoms with E-state index < -0.39 is 0 Å². The van der Waals surface area contributed by atoms with Crippen molar-refractivity contribution < 1.29 is 0 Å². The maximum atomic E-state index is 9.29. The van der Waals surface area contributed by atoms with Gasteiger partial charge in [-0.05, 0) is 86.9 Å². The summed E-state index contributed by atoms with van der Waals surface area (Å²) in [4.78, 5) is 14.7. The van der Waals surface area contributed by atoms with Crippen molar-refractivity contribution in [1.82, 2.24) is 15.0 Å². The van der Waals surface area contributed by atoms with Crippen LogP contribution in [0.5, 0.6) is 0 Å². The maximum Gasteiger partial charge on any atom is 0.164 e. The summed E-state index contributed by atoms with van der Waals surface area (Å²) in [6.07, 6.45) is 0. The molecule has 1 aromatic heterocycles. The Balaban J connectivity index is 1.41. The van der Waals surface area contributed by atoms with Gasteiger partial charge in [-0.25, -0.2) is 15.0 Å². The number of nitriles is 3. The van der Waals surface area contributed by atoms with Gasteiger partial charge in [0.25, 0.3) is 0 Å². The Morgan fingerprint density at radius 3 is 0.881 bits per heavy atom. The van der Waals surface area contributed by atoms with E-state index in [2.05, 4.69) is 18.2 Å². The zero-order valence-corrected chi connectivity index (χ0v) is 22.1. The average Bonchev–Trinajstić information content (AvgIpc) is 3.06. The second-order valence-corrected chi connectivity index (χ2v) is 9.97. The summed E-state index contributed by atoms with van der Waals surface area (Å²) in [6.45, 7) is 0. The molecule has 0 aliphatic carbocycles. The van der Waals surface area contributed by atoms with Crippen molar-refractivity contribution in [3.05, 3.63) is 126 Å². The summed E-state index contributed by atoms with van der Waals surface area (Å²) < 4.78 is 0. The summed E-state index contributed by atoms with van der Waals surface area (Å²) in [5, 5.41) is 33.7. The Morgan fingerprint density at radius 2 is 0.595 bits per heavy atom. The first kappa shape index (κ1) is 24.6. The first-order valence-corrected chi connectivity index (χ1v) is 13.2. The number of rotatable bonds is 3. The van der Waals surface area contributed by atoms with Gasteiger partial charge >= 0.3 is 0 Å². The monoisotopic (exact) mass is 534 g/mol. The Labute approximate surface area is 241 Å². The molecule has 192 valence electrons. The van der Waals surface area contributed by atoms with Crippen molar-refractivity contribution in [1.29, 1.82) is 15.8 Å². The molecule has 0 bridgehead atoms. The molecule has 0 N–H and O–H groups in total. The fraction of sp³-hybridized carbons (Fsp3) is 0. The van der Waals surface area contributed by atoms with Crippen LogP contribution in [0.2, 0.25) is 0 Å². The van der Waals surface area contributed by atoms with Crippen molar-refractivity contribution in [2.75, 3.05) is 0 Å². The van der Waals surface area contributed by atoms with Gasteiger partial charge in [0.15, 0.2) is 17.5 Å². The highest BCUT2D eigenvalue weighted by Gasteiger charge is 2.14. The van der Waals surface area contributed by atoms with Crippen LogP contribution in [0, 0.1) is 34.0 Å². The number of nitrogens with zero attached hydrogens (tertiary/aromatic N) is 6. The van der Waals surface area contributed by atoms with Crippen LogP contribution >= 0.6 is 0 Å². The molecule has 42 heavy (non-hydrogen) atoms. The first-order valence-electron chi connectivity index (χ1n) is 13.2. The minimum Gasteiger partial charge on any atom is -0.208 e. The average molecular weight is 535 g/mol. The van der Waals surface area contributed by atoms with Crippen LogP contribution in [0.4, 0.5) is 0 Å². The van der Waals surface area contributed by atoms with E-state index in [0.29, 0.717) is 34.2 Å². The fourth-order valence-corrected chi connectivity index (χ4v) is 5.13. The molecule has 0 aliphatic heterocycles. The second-order valence-electron chi connectivity index (χ2n) is 9.97. The first-order chi connectivity index (χ1) is 20.6. The van der Waals surface area contributed by atoms with Gasteiger partial charge in [0.05, 0.1) is 34.9 Å². The molecule has 0 radical (unpaired) electrons. The molecule has 6 aromatic carbocycles. The maximum absolute atomic E-state index is 9.29. The Bertz CT molecular complexity index is 2080. The smallest absolute Gasteiger partial charge is 0.164 e. The number of hydrogen-bond acceptors (Lipinski definition) is 6. The quantitative estimate of drug-likeness (QED) is 0.227. The predicted molar refractivity (Wildman–Crippen MR) is 163 cm³/mol. The molecule has 6 heteroatoms. The van der Waals surface area contributed by atoms with Crippen molar-refractivity contribution in [3.63, 3.8) is 0 Å². The molecule has 0 fully saturated rings. The molecule has 7 aromatic rings. The van der Waals surface area contributed by atoms with Gasteiger partial charge in [0, 0.05) is 16.7 Å². The van der Waals surface area contributed by atoms with Gasteiger partial charge in [-0.3, -0.25) is 0 Å². The minimum atomic E-state index is 0.529. The number of fused-ring (bicyclic) bond motifs is 3. The summed E-state index contributed by atoms with van der Waals surface area (Å²) in [5.41, 5.74) is 4.31. The van der Waals surface area contributed by atoms with Crippen molar-refractivity contribution >= 4 is 32.3 Å². The third-order valence-corrected chi connectivity index (χ3v) is 7.32. The molecular formula is C36H18N6. The highest BCUT2D eigenvalue weighted by molar-refractivity contribution is 5.90. The van der Waals surface area contributed by atoms with E-state index in [4.69, 9.17) is 15.0 Å². The molecule has 0 spiro atoms. The topological polar surface area (TPSA) is 110 Å². The number of benzene rings is 6. The normalized spacial score (nSPS) is 10.8. The van der Waals surface area contributed by atoms with Crippen LogP contribution in [0.3, 0.4) is 0 Å². The largest absolute Gasteiger partial charge is 0.208 e. The summed E-state index contributed by atoms with van der Waals surface area (Å²) in [7, 11) is 0. The summed E-state index contributed by atoms with van der Waals surface area (Å²) >= 11 is 0. The zero-order chi connectivity index (χ0) is 28.6. The van der Waals surface area contributed by atoms with Crippen LogP contribution in [0.15, 0.2) is 109 Å². The molecule has 7 rings (SSSR count). The summed E-state index contributed by atoms with van der Waals surface area (Å²) in [6, 6.07) is 41.2. The van der Waals surface area contributed by atoms with E-state index in [0.717, 1.165) is 49.0 Å². The molecule has 0 amide bonds. The summed E-state index contributed by atoms with van der Waals surface area (Å²) in [5.74, 6) is 1.59. The van der Waals surface area contributed by atoms with Crippen LogP contribution < -0.4 is 0 Å². The van der Waals surface area contributed by atoms with E-state index in [1.807, 2.05) is 91.0 Å². The standard InChI is InChI=1S/C36H18N6/c37-19-22-1-4-28-16-31(10-7-25(28)13-22)34-40-35(32-11-8-26-14-23(20-38)2-5-29(26)17-32)42-36(41-34)33-12-9-27-15-24(21-39)3-6-30(27)18-33/h1-18H. The fourth-order valence-electron chi connectivity index (χ4n) is 5.13. The Morgan fingerprint density at radius 1 is 0.333 bits per heavy atom. The number of hydrogen-bond donors (Lipinski definition) is 0. The van der Waals surface area contributed by atoms with Gasteiger partial charge < -0.3 is 0 Å². The molecule has 6 nitrogen and oxygen atoms in total. The lowest BCUT2D eigenvalue weighted by Crippen LogP contribution is -2.00. The predicted octanol–water partition coefficient (Wildman–Crippen LogP) is 7.95. The lowest BCUT2D eigenvalue weighted by molar-refractivity contribution is 1.08. The van der Waals surface area contributed by atoms with Gasteiger partial charge in [0.2, 0.25) is 0 Å². The van der Waals surface area contributed by atoms with Crippen molar-refractivity contribution in [2.45, 2.75) is 0 Å². The Kier molecular flexibility index (Phi) is 5.83. The van der Waals surface area contributed by atoms with Crippen LogP contribution in [-0.2, 0) is 0 Å². The van der Waals surface area contributed by atoms with E-state index in [-0.39, 0.29) is 0 Å². The van der Waals surface area contributed by atoms with E-state index in [9.17, 15) is 15.8 Å². The lowest BCUT2D eigenvalue weighted by atomic mass is 10.0. The van der Waals surface area contributed by atoms with E-state index >= 15 is 0 Å². The molecule has 0 unspecified atom stereocenters. The van der Waals surface area contributed by atoms with E-state index in [1.54, 1.807) is 18.2 Å². The van der Waals surface area contributed by atoms with Gasteiger partial charge in [-0.15, -0.1) is 0 Å². The van der Waals surface area contributed by atoms with Gasteiger partial charge in [-0.1, -0.05) is 54.6 Å². The minimum absolute atomic E-state index is 0.529. The third kappa shape index (κ3) is 4.44. The molecule has 1 heterocycles. The molecule has 0 saturated heterocycles. The zero-order valence-electron chi connectivity index (χ0n) is 22.1. The second kappa shape index (κ2) is 9.96. The van der Waals surface area contributed by atoms with Crippen LogP contribution in [-0.4, -0.2) is 15.0 Å². The molecule has 0 atom stereocenters. The van der Waals surface area contributed by atoms with Crippen LogP contribution in [0.1, 0.15) is 16.7 Å². The van der Waals surface area contributed by atoms with Crippen molar-refractivity contribution in [3.8, 4) is 52.4 Å². The molecule has 0 aliphatic rings. The van der Waals surface area contributed by atoms with Gasteiger partial charge in [0.1, 0.15) is 0 Å². The SMILES string of the molecule is N#Cc1ccc2cc(-c3nc(-c4ccc5cc(C#N)ccc5c4)nc(-c4ccc5cc(C#N)ccc5c4)n3)ccc2c1. The third-order valence-electron chi connectivity index (χ3n) is 7.32. The Hall–Kier alpha value is -6.42. The van der Waals surface area contributed by atoms with Crippen LogP contribution in [0.25, 0.3) is 66.5 Å². The lowest BCUT2D eigenvalue weighted by Gasteiger charge is -2.10. The van der Waals surface area contributed by atoms with Crippen molar-refractivity contribution in [2.24, 2.45) is 0 Å². The highest BCUT2D eigenvalue weighted by atomic mass is 15.0.